The van der Waals surface area contributed by atoms with Gasteiger partial charge in [0.1, 0.15) is 5.75 Å². The van der Waals surface area contributed by atoms with Crippen molar-refractivity contribution < 1.29 is 19.4 Å². The molecule has 0 atom stereocenters. The van der Waals surface area contributed by atoms with Crippen LogP contribution in [0.4, 0.5) is 0 Å². The fraction of sp³-hybridized carbons (Fsp3) is 0.250. The number of aromatic hydroxyl groups is 1. The predicted octanol–water partition coefficient (Wildman–Crippen LogP) is 4.33. The van der Waals surface area contributed by atoms with Crippen LogP contribution in [-0.4, -0.2) is 24.6 Å². The molecule has 0 aromatic heterocycles. The van der Waals surface area contributed by atoms with Gasteiger partial charge in [0.2, 0.25) is 0 Å². The highest BCUT2D eigenvalue weighted by Crippen LogP contribution is 2.26. The van der Waals surface area contributed by atoms with E-state index < -0.39 is 0 Å². The molecule has 4 nitrogen and oxygen atoms in total. The Kier molecular flexibility index (Phi) is 6.01. The molecule has 2 aromatic rings. The summed E-state index contributed by atoms with van der Waals surface area (Å²) in [6.07, 6.45) is 3.23. The van der Waals surface area contributed by atoms with E-state index in [0.717, 1.165) is 11.3 Å². The highest BCUT2D eigenvalue weighted by Gasteiger charge is 2.07. The largest absolute Gasteiger partial charge is 0.504 e. The maximum atomic E-state index is 12.2. The van der Waals surface area contributed by atoms with E-state index >= 15 is 0 Å². The first kappa shape index (κ1) is 17.6. The lowest BCUT2D eigenvalue weighted by atomic mass is 10.1. The van der Waals surface area contributed by atoms with E-state index in [1.165, 1.54) is 25.3 Å². The van der Waals surface area contributed by atoms with E-state index in [0.29, 0.717) is 18.1 Å². The lowest BCUT2D eigenvalue weighted by molar-refractivity contribution is 0.104. The first-order chi connectivity index (χ1) is 11.5. The zero-order valence-corrected chi connectivity index (χ0v) is 14.2. The molecule has 0 aliphatic rings. The van der Waals surface area contributed by atoms with Gasteiger partial charge in [-0.2, -0.15) is 0 Å². The van der Waals surface area contributed by atoms with Gasteiger partial charge in [0.15, 0.2) is 17.3 Å². The smallest absolute Gasteiger partial charge is 0.185 e. The molecule has 1 N–H and O–H groups in total. The average Bonchev–Trinajstić information content (AvgIpc) is 2.58. The van der Waals surface area contributed by atoms with Gasteiger partial charge in [-0.1, -0.05) is 32.1 Å². The summed E-state index contributed by atoms with van der Waals surface area (Å²) < 4.78 is 10.7. The molecule has 0 aliphatic heterocycles. The van der Waals surface area contributed by atoms with Gasteiger partial charge in [0.05, 0.1) is 13.7 Å². The van der Waals surface area contributed by atoms with Crippen LogP contribution in [0.25, 0.3) is 6.08 Å². The molecule has 4 heteroatoms. The van der Waals surface area contributed by atoms with Crippen LogP contribution in [0.1, 0.15) is 29.8 Å². The maximum Gasteiger partial charge on any atom is 0.185 e. The summed E-state index contributed by atoms with van der Waals surface area (Å²) in [6, 6.07) is 12.1. The Morgan fingerprint density at radius 2 is 2.00 bits per heavy atom. The van der Waals surface area contributed by atoms with Crippen molar-refractivity contribution in [3.63, 3.8) is 0 Å². The molecule has 2 rings (SSSR count). The molecule has 24 heavy (non-hydrogen) atoms. The minimum Gasteiger partial charge on any atom is -0.504 e. The molecule has 0 fully saturated rings. The summed E-state index contributed by atoms with van der Waals surface area (Å²) in [7, 11) is 1.45. The number of carbonyl (C=O) groups excluding carboxylic acids is 1. The molecule has 0 spiro atoms. The number of ketones is 1. The van der Waals surface area contributed by atoms with Crippen molar-refractivity contribution in [2.75, 3.05) is 13.7 Å². The van der Waals surface area contributed by atoms with Gasteiger partial charge in [-0.25, -0.2) is 0 Å². The molecule has 0 saturated heterocycles. The minimum absolute atomic E-state index is 0.00744. The summed E-state index contributed by atoms with van der Waals surface area (Å²) in [5.74, 6) is 1.35. The van der Waals surface area contributed by atoms with Gasteiger partial charge < -0.3 is 14.6 Å². The molecule has 2 aromatic carbocycles. The zero-order valence-electron chi connectivity index (χ0n) is 14.2. The number of methoxy groups -OCH3 is 1. The number of carbonyl (C=O) groups is 1. The molecule has 126 valence electrons. The molecular formula is C20H22O4. The van der Waals surface area contributed by atoms with Crippen LogP contribution in [0.15, 0.2) is 48.5 Å². The molecule has 0 aliphatic carbocycles. The summed E-state index contributed by atoms with van der Waals surface area (Å²) in [5, 5.41) is 9.58. The third-order valence-corrected chi connectivity index (χ3v) is 3.33. The minimum atomic E-state index is -0.165. The van der Waals surface area contributed by atoms with Crippen molar-refractivity contribution in [3.05, 3.63) is 59.7 Å². The lowest BCUT2D eigenvalue weighted by Crippen LogP contribution is -2.04. The van der Waals surface area contributed by atoms with Crippen LogP contribution in [-0.2, 0) is 0 Å². The second kappa shape index (κ2) is 8.20. The van der Waals surface area contributed by atoms with Crippen LogP contribution in [0.5, 0.6) is 17.2 Å². The van der Waals surface area contributed by atoms with Crippen LogP contribution in [0, 0.1) is 5.92 Å². The monoisotopic (exact) mass is 326 g/mol. The quantitative estimate of drug-likeness (QED) is 0.608. The third-order valence-electron chi connectivity index (χ3n) is 3.33. The summed E-state index contributed by atoms with van der Waals surface area (Å²) >= 11 is 0. The SMILES string of the molecule is COc1cc(C(=O)/C=C/c2cccc(OCC(C)C)c2)ccc1O. The molecule has 0 saturated carbocycles. The van der Waals surface area contributed by atoms with E-state index in [1.54, 1.807) is 12.1 Å². The van der Waals surface area contributed by atoms with Crippen LogP contribution in [0.3, 0.4) is 0 Å². The van der Waals surface area contributed by atoms with Crippen molar-refractivity contribution >= 4 is 11.9 Å². The second-order valence-electron chi connectivity index (χ2n) is 5.86. The van der Waals surface area contributed by atoms with Gasteiger partial charge in [0.25, 0.3) is 0 Å². The number of ether oxygens (including phenoxy) is 2. The number of phenolic OH excluding ortho intramolecular Hbond substituents is 1. The second-order valence-corrected chi connectivity index (χ2v) is 5.86. The molecule has 0 bridgehead atoms. The highest BCUT2D eigenvalue weighted by molar-refractivity contribution is 6.07. The summed E-state index contributed by atoms with van der Waals surface area (Å²) in [5.41, 5.74) is 1.34. The van der Waals surface area contributed by atoms with E-state index in [1.807, 2.05) is 24.3 Å². The molecule has 0 radical (unpaired) electrons. The van der Waals surface area contributed by atoms with E-state index in [-0.39, 0.29) is 17.3 Å². The van der Waals surface area contributed by atoms with Crippen molar-refractivity contribution in [3.8, 4) is 17.2 Å². The van der Waals surface area contributed by atoms with Crippen LogP contribution < -0.4 is 9.47 Å². The third kappa shape index (κ3) is 4.88. The van der Waals surface area contributed by atoms with Gasteiger partial charge in [-0.3, -0.25) is 4.79 Å². The lowest BCUT2D eigenvalue weighted by Gasteiger charge is -2.08. The fourth-order valence-corrected chi connectivity index (χ4v) is 2.07. The fourth-order valence-electron chi connectivity index (χ4n) is 2.07. The maximum absolute atomic E-state index is 12.2. The van der Waals surface area contributed by atoms with Gasteiger partial charge in [0, 0.05) is 5.56 Å². The Morgan fingerprint density at radius 1 is 1.21 bits per heavy atom. The van der Waals surface area contributed by atoms with Gasteiger partial charge in [-0.15, -0.1) is 0 Å². The first-order valence-electron chi connectivity index (χ1n) is 7.82. The molecule has 0 unspecified atom stereocenters. The van der Waals surface area contributed by atoms with Crippen LogP contribution in [0.2, 0.25) is 0 Å². The van der Waals surface area contributed by atoms with Gasteiger partial charge in [-0.05, 0) is 47.9 Å². The first-order valence-corrected chi connectivity index (χ1v) is 7.82. The normalized spacial score (nSPS) is 11.0. The van der Waals surface area contributed by atoms with Gasteiger partial charge >= 0.3 is 0 Å². The topological polar surface area (TPSA) is 55.8 Å². The van der Waals surface area contributed by atoms with Crippen molar-refractivity contribution in [2.45, 2.75) is 13.8 Å². The number of phenols is 1. The number of hydrogen-bond acceptors (Lipinski definition) is 4. The number of allylic oxidation sites excluding steroid dienone is 1. The number of rotatable bonds is 7. The summed E-state index contributed by atoms with van der Waals surface area (Å²) in [4.78, 5) is 12.2. The van der Waals surface area contributed by atoms with E-state index in [4.69, 9.17) is 9.47 Å². The number of benzene rings is 2. The van der Waals surface area contributed by atoms with Crippen LogP contribution >= 0.6 is 0 Å². The van der Waals surface area contributed by atoms with Crippen molar-refractivity contribution in [1.29, 1.82) is 0 Å². The predicted molar refractivity (Wildman–Crippen MR) is 94.8 cm³/mol. The Labute approximate surface area is 142 Å². The Bertz CT molecular complexity index is 732. The van der Waals surface area contributed by atoms with Crippen molar-refractivity contribution in [2.24, 2.45) is 5.92 Å². The zero-order chi connectivity index (χ0) is 17.5. The Morgan fingerprint density at radius 3 is 2.71 bits per heavy atom. The standard InChI is InChI=1S/C20H22O4/c1-14(2)13-24-17-6-4-5-15(11-17)7-9-18(21)16-8-10-19(22)20(12-16)23-3/h4-12,14,22H,13H2,1-3H3/b9-7+. The molecule has 0 heterocycles. The van der Waals surface area contributed by atoms with E-state index in [2.05, 4.69) is 13.8 Å². The molecular weight excluding hydrogens is 304 g/mol. The highest BCUT2D eigenvalue weighted by atomic mass is 16.5. The van der Waals surface area contributed by atoms with E-state index in [9.17, 15) is 9.90 Å². The molecule has 0 amide bonds. The number of hydrogen-bond donors (Lipinski definition) is 1. The van der Waals surface area contributed by atoms with Crippen molar-refractivity contribution in [1.82, 2.24) is 0 Å². The summed E-state index contributed by atoms with van der Waals surface area (Å²) in [6.45, 7) is 4.84. The Hall–Kier alpha value is -2.75. The Balaban J connectivity index is 2.10. The average molecular weight is 326 g/mol.